The van der Waals surface area contributed by atoms with Crippen LogP contribution in [0.15, 0.2) is 48.5 Å². The van der Waals surface area contributed by atoms with Crippen LogP contribution in [0.4, 0.5) is 5.69 Å². The summed E-state index contributed by atoms with van der Waals surface area (Å²) < 4.78 is 36.2. The molecule has 0 saturated heterocycles. The van der Waals surface area contributed by atoms with Gasteiger partial charge < -0.3 is 14.8 Å². The number of carbonyl (C=O) groups is 1. The van der Waals surface area contributed by atoms with Crippen LogP contribution in [-0.4, -0.2) is 47.4 Å². The number of methoxy groups -OCH3 is 1. The van der Waals surface area contributed by atoms with Gasteiger partial charge >= 0.3 is 0 Å². The first-order valence-electron chi connectivity index (χ1n) is 9.07. The van der Waals surface area contributed by atoms with Crippen molar-refractivity contribution in [2.75, 3.05) is 37.4 Å². The van der Waals surface area contributed by atoms with Crippen LogP contribution in [0.3, 0.4) is 0 Å². The van der Waals surface area contributed by atoms with Crippen molar-refractivity contribution in [1.29, 1.82) is 0 Å². The average molecular weight is 441 g/mol. The van der Waals surface area contributed by atoms with Crippen molar-refractivity contribution in [3.8, 4) is 11.5 Å². The fourth-order valence-corrected chi connectivity index (χ4v) is 3.78. The Labute approximate surface area is 176 Å². The van der Waals surface area contributed by atoms with Gasteiger partial charge in [-0.15, -0.1) is 0 Å². The van der Waals surface area contributed by atoms with Gasteiger partial charge in [-0.25, -0.2) is 8.42 Å². The van der Waals surface area contributed by atoms with Crippen LogP contribution in [0.25, 0.3) is 0 Å². The van der Waals surface area contributed by atoms with E-state index in [1.165, 1.54) is 11.4 Å². The van der Waals surface area contributed by atoms with Crippen LogP contribution in [0.1, 0.15) is 12.8 Å². The summed E-state index contributed by atoms with van der Waals surface area (Å²) in [6, 6.07) is 13.9. The van der Waals surface area contributed by atoms with Crippen molar-refractivity contribution < 1.29 is 22.7 Å². The lowest BCUT2D eigenvalue weighted by Gasteiger charge is -2.22. The Balaban J connectivity index is 1.78. The smallest absolute Gasteiger partial charge is 0.232 e. The maximum Gasteiger partial charge on any atom is 0.232 e. The summed E-state index contributed by atoms with van der Waals surface area (Å²) in [6.45, 7) is 0.806. The number of amides is 1. The molecule has 2 aromatic carbocycles. The van der Waals surface area contributed by atoms with Crippen molar-refractivity contribution in [2.24, 2.45) is 0 Å². The highest BCUT2D eigenvalue weighted by Gasteiger charge is 2.18. The first-order chi connectivity index (χ1) is 13.8. The predicted octanol–water partition coefficient (Wildman–Crippen LogP) is 3.09. The molecule has 0 heterocycles. The number of nitrogens with one attached hydrogen (secondary N) is 1. The number of nitrogens with zero attached hydrogens (tertiary/aromatic N) is 1. The summed E-state index contributed by atoms with van der Waals surface area (Å²) in [5, 5.41) is 3.26. The molecule has 1 N–H and O–H groups in total. The Morgan fingerprint density at radius 1 is 1.17 bits per heavy atom. The van der Waals surface area contributed by atoms with Crippen molar-refractivity contribution in [3.63, 3.8) is 0 Å². The Morgan fingerprint density at radius 3 is 2.62 bits per heavy atom. The minimum absolute atomic E-state index is 0.174. The first-order valence-corrected chi connectivity index (χ1v) is 11.3. The number of anilines is 1. The lowest BCUT2D eigenvalue weighted by Crippen LogP contribution is -2.32. The van der Waals surface area contributed by atoms with E-state index in [-0.39, 0.29) is 25.5 Å². The molecule has 9 heteroatoms. The summed E-state index contributed by atoms with van der Waals surface area (Å²) in [5.74, 6) is 0.949. The number of benzene rings is 2. The van der Waals surface area contributed by atoms with Gasteiger partial charge in [-0.2, -0.15) is 0 Å². The van der Waals surface area contributed by atoms with Crippen molar-refractivity contribution in [3.05, 3.63) is 53.6 Å². The molecule has 7 nitrogen and oxygen atoms in total. The Kier molecular flexibility index (Phi) is 8.60. The highest BCUT2D eigenvalue weighted by Crippen LogP contribution is 2.24. The molecule has 0 aliphatic rings. The maximum atomic E-state index is 12.1. The molecule has 0 bridgehead atoms. The molecule has 29 heavy (non-hydrogen) atoms. The summed E-state index contributed by atoms with van der Waals surface area (Å²) >= 11 is 6.00. The third-order valence-corrected chi connectivity index (χ3v) is 5.53. The Bertz CT molecular complexity index is 921. The molecule has 0 saturated carbocycles. The largest absolute Gasteiger partial charge is 0.497 e. The zero-order valence-electron chi connectivity index (χ0n) is 16.4. The molecule has 0 aliphatic carbocycles. The monoisotopic (exact) mass is 440 g/mol. The van der Waals surface area contributed by atoms with Gasteiger partial charge in [0.2, 0.25) is 15.9 Å². The highest BCUT2D eigenvalue weighted by molar-refractivity contribution is 7.92. The van der Waals surface area contributed by atoms with Crippen LogP contribution >= 0.6 is 11.6 Å². The number of hydrogen-bond acceptors (Lipinski definition) is 5. The van der Waals surface area contributed by atoms with Crippen molar-refractivity contribution in [2.45, 2.75) is 12.8 Å². The van der Waals surface area contributed by atoms with E-state index in [1.54, 1.807) is 36.4 Å². The Hall–Kier alpha value is -2.45. The summed E-state index contributed by atoms with van der Waals surface area (Å²) in [4.78, 5) is 12.0. The maximum absolute atomic E-state index is 12.1. The van der Waals surface area contributed by atoms with Gasteiger partial charge in [-0.05, 0) is 30.7 Å². The summed E-state index contributed by atoms with van der Waals surface area (Å²) in [5.41, 5.74) is 0.500. The minimum Gasteiger partial charge on any atom is -0.497 e. The van der Waals surface area contributed by atoms with Gasteiger partial charge in [0, 0.05) is 19.0 Å². The summed E-state index contributed by atoms with van der Waals surface area (Å²) in [7, 11) is -1.97. The van der Waals surface area contributed by atoms with Gasteiger partial charge in [0.1, 0.15) is 18.1 Å². The molecule has 158 valence electrons. The molecule has 0 radical (unpaired) electrons. The van der Waals surface area contributed by atoms with Crippen LogP contribution in [0.2, 0.25) is 5.02 Å². The zero-order valence-corrected chi connectivity index (χ0v) is 18.0. The predicted molar refractivity (Wildman–Crippen MR) is 114 cm³/mol. The van der Waals surface area contributed by atoms with Gasteiger partial charge in [-0.1, -0.05) is 29.8 Å². The third kappa shape index (κ3) is 7.47. The second kappa shape index (κ2) is 10.9. The second-order valence-corrected chi connectivity index (χ2v) is 8.58. The number of ether oxygens (including phenoxy) is 2. The number of halogens is 1. The normalized spacial score (nSPS) is 11.0. The zero-order chi connectivity index (χ0) is 21.3. The number of para-hydroxylation sites is 1. The molecule has 0 unspecified atom stereocenters. The van der Waals surface area contributed by atoms with Gasteiger partial charge in [0.25, 0.3) is 0 Å². The molecular formula is C20H25ClN2O5S. The average Bonchev–Trinajstić information content (AvgIpc) is 2.69. The van der Waals surface area contributed by atoms with Crippen LogP contribution in [-0.2, 0) is 14.8 Å². The highest BCUT2D eigenvalue weighted by atomic mass is 35.5. The number of rotatable bonds is 11. The summed E-state index contributed by atoms with van der Waals surface area (Å²) in [6.07, 6.45) is 1.71. The molecular weight excluding hydrogens is 416 g/mol. The van der Waals surface area contributed by atoms with E-state index in [9.17, 15) is 13.2 Å². The van der Waals surface area contributed by atoms with Gasteiger partial charge in [0.05, 0.1) is 30.6 Å². The SMILES string of the molecule is COc1cccc(N(CCCC(=O)NCCOc2ccccc2Cl)S(C)(=O)=O)c1. The second-order valence-electron chi connectivity index (χ2n) is 6.27. The third-order valence-electron chi connectivity index (χ3n) is 4.03. The van der Waals surface area contributed by atoms with E-state index in [1.807, 2.05) is 12.1 Å². The topological polar surface area (TPSA) is 84.9 Å². The van der Waals surface area contributed by atoms with Gasteiger partial charge in [-0.3, -0.25) is 9.10 Å². The standard InChI is InChI=1S/C20H25ClN2O5S/c1-27-17-8-5-7-16(15-17)23(29(2,25)26)13-6-11-20(24)22-12-14-28-19-10-4-3-9-18(19)21/h3-5,7-10,15H,6,11-14H2,1-2H3,(H,22,24). The van der Waals surface area contributed by atoms with E-state index in [0.717, 1.165) is 6.26 Å². The number of hydrogen-bond donors (Lipinski definition) is 1. The Morgan fingerprint density at radius 2 is 1.93 bits per heavy atom. The molecule has 2 aromatic rings. The molecule has 0 aliphatic heterocycles. The fourth-order valence-electron chi connectivity index (χ4n) is 2.64. The van der Waals surface area contributed by atoms with Crippen LogP contribution in [0, 0.1) is 0 Å². The fraction of sp³-hybridized carbons (Fsp3) is 0.350. The van der Waals surface area contributed by atoms with Crippen LogP contribution < -0.4 is 19.1 Å². The number of sulfonamides is 1. The molecule has 0 aromatic heterocycles. The van der Waals surface area contributed by atoms with E-state index in [4.69, 9.17) is 21.1 Å². The van der Waals surface area contributed by atoms with E-state index in [2.05, 4.69) is 5.32 Å². The molecule has 1 amide bonds. The molecule has 0 spiro atoms. The van der Waals surface area contributed by atoms with Crippen molar-refractivity contribution >= 4 is 33.2 Å². The molecule has 2 rings (SSSR count). The number of carbonyl (C=O) groups excluding carboxylic acids is 1. The van der Waals surface area contributed by atoms with E-state index >= 15 is 0 Å². The van der Waals surface area contributed by atoms with E-state index in [0.29, 0.717) is 35.2 Å². The molecule has 0 atom stereocenters. The first kappa shape index (κ1) is 22.8. The van der Waals surface area contributed by atoms with Gasteiger partial charge in [0.15, 0.2) is 0 Å². The lowest BCUT2D eigenvalue weighted by molar-refractivity contribution is -0.121. The lowest BCUT2D eigenvalue weighted by atomic mass is 10.2. The van der Waals surface area contributed by atoms with Crippen molar-refractivity contribution in [1.82, 2.24) is 5.32 Å². The van der Waals surface area contributed by atoms with Crippen LogP contribution in [0.5, 0.6) is 11.5 Å². The quantitative estimate of drug-likeness (QED) is 0.543. The minimum atomic E-state index is -3.48. The molecule has 0 fully saturated rings. The van der Waals surface area contributed by atoms with E-state index < -0.39 is 10.0 Å².